The van der Waals surface area contributed by atoms with E-state index in [2.05, 4.69) is 10.5 Å². The number of amides is 1. The van der Waals surface area contributed by atoms with Crippen LogP contribution in [-0.4, -0.2) is 32.9 Å². The van der Waals surface area contributed by atoms with Gasteiger partial charge in [0.25, 0.3) is 5.91 Å². The number of hydrogen-bond acceptors (Lipinski definition) is 5. The number of aryl methyl sites for hydroxylation is 2. The van der Waals surface area contributed by atoms with Crippen molar-refractivity contribution in [1.29, 1.82) is 0 Å². The fourth-order valence-electron chi connectivity index (χ4n) is 2.18. The number of anilines is 1. The van der Waals surface area contributed by atoms with Crippen molar-refractivity contribution in [3.8, 4) is 11.5 Å². The van der Waals surface area contributed by atoms with E-state index in [0.717, 1.165) is 22.4 Å². The first kappa shape index (κ1) is 18.3. The lowest BCUT2D eigenvalue weighted by molar-refractivity contribution is -0.120. The Balaban J connectivity index is 1.88. The molecule has 0 heterocycles. The molecule has 1 N–H and O–H groups in total. The van der Waals surface area contributed by atoms with Crippen molar-refractivity contribution >= 4 is 17.8 Å². The Morgan fingerprint density at radius 2 is 1.84 bits per heavy atom. The van der Waals surface area contributed by atoms with E-state index in [1.165, 1.54) is 6.21 Å². The van der Waals surface area contributed by atoms with Gasteiger partial charge in [-0.25, -0.2) is 0 Å². The molecule has 132 valence electrons. The lowest BCUT2D eigenvalue weighted by Crippen LogP contribution is -2.17. The van der Waals surface area contributed by atoms with Gasteiger partial charge in [-0.2, -0.15) is 0 Å². The van der Waals surface area contributed by atoms with E-state index in [0.29, 0.717) is 11.5 Å². The monoisotopic (exact) mass is 342 g/mol. The van der Waals surface area contributed by atoms with Crippen LogP contribution in [0.3, 0.4) is 0 Å². The molecule has 2 aromatic rings. The average Bonchev–Trinajstić information content (AvgIpc) is 2.61. The smallest absolute Gasteiger partial charge is 0.265 e. The Bertz CT molecular complexity index is 772. The zero-order valence-electron chi connectivity index (χ0n) is 14.8. The summed E-state index contributed by atoms with van der Waals surface area (Å²) in [5.74, 6) is 0.964. The number of methoxy groups -OCH3 is 2. The van der Waals surface area contributed by atoms with Crippen LogP contribution in [-0.2, 0) is 9.63 Å². The highest BCUT2D eigenvalue weighted by Crippen LogP contribution is 2.26. The molecule has 6 heteroatoms. The third kappa shape index (κ3) is 5.24. The van der Waals surface area contributed by atoms with Crippen LogP contribution in [0.4, 0.5) is 5.69 Å². The number of benzene rings is 2. The number of rotatable bonds is 7. The van der Waals surface area contributed by atoms with Crippen LogP contribution >= 0.6 is 0 Å². The molecule has 1 amide bonds. The molecule has 0 fully saturated rings. The minimum atomic E-state index is -0.266. The van der Waals surface area contributed by atoms with Gasteiger partial charge in [0.2, 0.25) is 0 Å². The topological polar surface area (TPSA) is 69.2 Å². The Morgan fingerprint density at radius 3 is 2.56 bits per heavy atom. The summed E-state index contributed by atoms with van der Waals surface area (Å²) in [6, 6.07) is 11.2. The molecule has 2 aromatic carbocycles. The normalized spacial score (nSPS) is 10.6. The lowest BCUT2D eigenvalue weighted by atomic mass is 10.1. The molecule has 25 heavy (non-hydrogen) atoms. The largest absolute Gasteiger partial charge is 0.493 e. The SMILES string of the molecule is COc1ccc(C=NOCC(=O)Nc2cc(C)ccc2C)cc1OC. The highest BCUT2D eigenvalue weighted by molar-refractivity contribution is 5.92. The van der Waals surface area contributed by atoms with Gasteiger partial charge < -0.3 is 19.6 Å². The van der Waals surface area contributed by atoms with Gasteiger partial charge in [0, 0.05) is 11.3 Å². The Kier molecular flexibility index (Phi) is 6.39. The number of hydrogen-bond donors (Lipinski definition) is 1. The molecule has 0 aliphatic rings. The standard InChI is InChI=1S/C19H22N2O4/c1-13-5-6-14(2)16(9-13)21-19(22)12-25-20-11-15-7-8-17(23-3)18(10-15)24-4/h5-11H,12H2,1-4H3,(H,21,22). The van der Waals surface area contributed by atoms with Crippen molar-refractivity contribution in [2.75, 3.05) is 26.1 Å². The van der Waals surface area contributed by atoms with Crippen LogP contribution in [0.5, 0.6) is 11.5 Å². The highest BCUT2D eigenvalue weighted by atomic mass is 16.6. The van der Waals surface area contributed by atoms with Crippen LogP contribution in [0.15, 0.2) is 41.6 Å². The highest BCUT2D eigenvalue weighted by Gasteiger charge is 2.06. The molecule has 0 saturated heterocycles. The molecule has 0 spiro atoms. The van der Waals surface area contributed by atoms with Crippen molar-refractivity contribution in [3.05, 3.63) is 53.1 Å². The summed E-state index contributed by atoms with van der Waals surface area (Å²) in [6.45, 7) is 3.74. The molecule has 0 aliphatic heterocycles. The van der Waals surface area contributed by atoms with E-state index in [9.17, 15) is 4.79 Å². The van der Waals surface area contributed by atoms with Gasteiger partial charge in [-0.1, -0.05) is 17.3 Å². The van der Waals surface area contributed by atoms with Gasteiger partial charge in [0.15, 0.2) is 18.1 Å². The fraction of sp³-hybridized carbons (Fsp3) is 0.263. The number of ether oxygens (including phenoxy) is 2. The third-order valence-electron chi connectivity index (χ3n) is 3.55. The molecular weight excluding hydrogens is 320 g/mol. The zero-order valence-corrected chi connectivity index (χ0v) is 14.8. The van der Waals surface area contributed by atoms with Gasteiger partial charge in [-0.3, -0.25) is 4.79 Å². The first-order valence-corrected chi connectivity index (χ1v) is 7.78. The number of nitrogens with one attached hydrogen (secondary N) is 1. The van der Waals surface area contributed by atoms with E-state index < -0.39 is 0 Å². The molecule has 0 unspecified atom stereocenters. The van der Waals surface area contributed by atoms with Crippen molar-refractivity contribution in [3.63, 3.8) is 0 Å². The number of oxime groups is 1. The second-order valence-electron chi connectivity index (χ2n) is 5.49. The summed E-state index contributed by atoms with van der Waals surface area (Å²) in [4.78, 5) is 17.0. The van der Waals surface area contributed by atoms with Crippen LogP contribution in [0.2, 0.25) is 0 Å². The van der Waals surface area contributed by atoms with E-state index in [1.54, 1.807) is 26.4 Å². The first-order chi connectivity index (χ1) is 12.0. The van der Waals surface area contributed by atoms with Gasteiger partial charge in [0.1, 0.15) is 0 Å². The van der Waals surface area contributed by atoms with Crippen LogP contribution in [0, 0.1) is 13.8 Å². The predicted molar refractivity (Wildman–Crippen MR) is 97.6 cm³/mol. The summed E-state index contributed by atoms with van der Waals surface area (Å²) in [5, 5.41) is 6.62. The van der Waals surface area contributed by atoms with Gasteiger partial charge in [-0.05, 0) is 49.2 Å². The molecule has 0 radical (unpaired) electrons. The summed E-state index contributed by atoms with van der Waals surface area (Å²) in [5.41, 5.74) is 3.62. The molecule has 0 aliphatic carbocycles. The molecule has 0 aromatic heterocycles. The first-order valence-electron chi connectivity index (χ1n) is 7.78. The van der Waals surface area contributed by atoms with Crippen LogP contribution in [0.1, 0.15) is 16.7 Å². The molecule has 6 nitrogen and oxygen atoms in total. The summed E-state index contributed by atoms with van der Waals surface area (Å²) in [6.07, 6.45) is 1.51. The Labute approximate surface area is 147 Å². The lowest BCUT2D eigenvalue weighted by Gasteiger charge is -2.08. The maximum atomic E-state index is 11.9. The minimum absolute atomic E-state index is 0.169. The van der Waals surface area contributed by atoms with E-state index in [-0.39, 0.29) is 12.5 Å². The van der Waals surface area contributed by atoms with E-state index in [1.807, 2.05) is 38.1 Å². The maximum absolute atomic E-state index is 11.9. The Hall–Kier alpha value is -3.02. The fourth-order valence-corrected chi connectivity index (χ4v) is 2.18. The second kappa shape index (κ2) is 8.73. The molecule has 2 rings (SSSR count). The Morgan fingerprint density at radius 1 is 1.08 bits per heavy atom. The van der Waals surface area contributed by atoms with Crippen molar-refractivity contribution in [2.24, 2.45) is 5.16 Å². The minimum Gasteiger partial charge on any atom is -0.493 e. The van der Waals surface area contributed by atoms with Crippen molar-refractivity contribution in [1.82, 2.24) is 0 Å². The summed E-state index contributed by atoms with van der Waals surface area (Å²) in [7, 11) is 3.14. The van der Waals surface area contributed by atoms with Crippen LogP contribution < -0.4 is 14.8 Å². The molecule has 0 bridgehead atoms. The second-order valence-corrected chi connectivity index (χ2v) is 5.49. The molecule has 0 saturated carbocycles. The van der Waals surface area contributed by atoms with Gasteiger partial charge in [-0.15, -0.1) is 0 Å². The van der Waals surface area contributed by atoms with E-state index in [4.69, 9.17) is 14.3 Å². The predicted octanol–water partition coefficient (Wildman–Crippen LogP) is 3.31. The third-order valence-corrected chi connectivity index (χ3v) is 3.55. The quantitative estimate of drug-likeness (QED) is 0.619. The molecular formula is C19H22N2O4. The average molecular weight is 342 g/mol. The van der Waals surface area contributed by atoms with Crippen LogP contribution in [0.25, 0.3) is 0 Å². The summed E-state index contributed by atoms with van der Waals surface area (Å²) < 4.78 is 10.4. The van der Waals surface area contributed by atoms with E-state index >= 15 is 0 Å². The maximum Gasteiger partial charge on any atom is 0.265 e. The van der Waals surface area contributed by atoms with Crippen molar-refractivity contribution in [2.45, 2.75) is 13.8 Å². The van der Waals surface area contributed by atoms with Gasteiger partial charge >= 0.3 is 0 Å². The van der Waals surface area contributed by atoms with Crippen molar-refractivity contribution < 1.29 is 19.1 Å². The van der Waals surface area contributed by atoms with Gasteiger partial charge in [0.05, 0.1) is 20.4 Å². The number of carbonyl (C=O) groups excluding carboxylic acids is 1. The zero-order chi connectivity index (χ0) is 18.2. The number of nitrogens with zero attached hydrogens (tertiary/aromatic N) is 1. The number of carbonyl (C=O) groups is 1. The summed E-state index contributed by atoms with van der Waals surface area (Å²) >= 11 is 0. The molecule has 0 atom stereocenters.